The number of furan rings is 1. The molecule has 0 aliphatic carbocycles. The standard InChI is InChI=1S/C16H19NO4/c1-20-10-11-6-7-17(8-11)9-13-12-4-2-3-5-14(12)21-15(13)16(18)19/h2-5,11H,6-10H2,1H3,(H,18,19). The zero-order chi connectivity index (χ0) is 14.8. The third kappa shape index (κ3) is 2.80. The topological polar surface area (TPSA) is 62.9 Å². The highest BCUT2D eigenvalue weighted by Crippen LogP contribution is 2.29. The fraction of sp³-hybridized carbons (Fsp3) is 0.438. The lowest BCUT2D eigenvalue weighted by Gasteiger charge is -2.15. The number of carboxylic acid groups (broad SMARTS) is 1. The molecule has 1 fully saturated rings. The van der Waals surface area contributed by atoms with Gasteiger partial charge in [0, 0.05) is 31.1 Å². The predicted molar refractivity (Wildman–Crippen MR) is 78.4 cm³/mol. The van der Waals surface area contributed by atoms with Gasteiger partial charge in [0.1, 0.15) is 5.58 Å². The first kappa shape index (κ1) is 14.1. The van der Waals surface area contributed by atoms with Crippen LogP contribution in [-0.2, 0) is 11.3 Å². The molecule has 3 rings (SSSR count). The molecule has 0 saturated carbocycles. The number of benzene rings is 1. The Morgan fingerprint density at radius 1 is 1.48 bits per heavy atom. The van der Waals surface area contributed by atoms with Crippen molar-refractivity contribution in [2.45, 2.75) is 13.0 Å². The van der Waals surface area contributed by atoms with Crippen LogP contribution in [-0.4, -0.2) is 42.8 Å². The Balaban J connectivity index is 1.86. The van der Waals surface area contributed by atoms with E-state index in [9.17, 15) is 9.90 Å². The van der Waals surface area contributed by atoms with Crippen LogP contribution in [0.25, 0.3) is 11.0 Å². The molecule has 1 saturated heterocycles. The van der Waals surface area contributed by atoms with E-state index in [1.54, 1.807) is 7.11 Å². The maximum absolute atomic E-state index is 11.4. The predicted octanol–water partition coefficient (Wildman–Crippen LogP) is 2.60. The minimum absolute atomic E-state index is 0.0615. The van der Waals surface area contributed by atoms with Crippen LogP contribution < -0.4 is 0 Å². The normalized spacial score (nSPS) is 19.4. The second-order valence-corrected chi connectivity index (χ2v) is 5.56. The molecule has 5 heteroatoms. The van der Waals surface area contributed by atoms with Gasteiger partial charge in [-0.25, -0.2) is 4.79 Å². The van der Waals surface area contributed by atoms with Crippen LogP contribution in [0.2, 0.25) is 0 Å². The second-order valence-electron chi connectivity index (χ2n) is 5.56. The van der Waals surface area contributed by atoms with Crippen molar-refractivity contribution < 1.29 is 19.1 Å². The summed E-state index contributed by atoms with van der Waals surface area (Å²) in [4.78, 5) is 13.7. The van der Waals surface area contributed by atoms with Crippen LogP contribution in [0.15, 0.2) is 28.7 Å². The zero-order valence-electron chi connectivity index (χ0n) is 12.0. The third-order valence-corrected chi connectivity index (χ3v) is 4.05. The Bertz CT molecular complexity index is 649. The summed E-state index contributed by atoms with van der Waals surface area (Å²) < 4.78 is 10.7. The van der Waals surface area contributed by atoms with Crippen molar-refractivity contribution in [3.63, 3.8) is 0 Å². The lowest BCUT2D eigenvalue weighted by atomic mass is 10.1. The summed E-state index contributed by atoms with van der Waals surface area (Å²) in [6, 6.07) is 7.49. The molecule has 1 aliphatic heterocycles. The molecule has 2 heterocycles. The quantitative estimate of drug-likeness (QED) is 0.916. The molecular weight excluding hydrogens is 270 g/mol. The summed E-state index contributed by atoms with van der Waals surface area (Å²) in [6.07, 6.45) is 1.09. The average molecular weight is 289 g/mol. The Hall–Kier alpha value is -1.85. The summed E-state index contributed by atoms with van der Waals surface area (Å²) in [5.41, 5.74) is 1.41. The molecule has 0 spiro atoms. The van der Waals surface area contributed by atoms with Gasteiger partial charge in [-0.3, -0.25) is 4.90 Å². The Labute approximate surface area is 123 Å². The van der Waals surface area contributed by atoms with Crippen molar-refractivity contribution in [3.8, 4) is 0 Å². The second kappa shape index (κ2) is 5.87. The average Bonchev–Trinajstić information content (AvgIpc) is 3.05. The van der Waals surface area contributed by atoms with Gasteiger partial charge in [-0.05, 0) is 24.9 Å². The number of likely N-dealkylation sites (tertiary alicyclic amines) is 1. The molecule has 2 aromatic rings. The Morgan fingerprint density at radius 2 is 2.29 bits per heavy atom. The van der Waals surface area contributed by atoms with Gasteiger partial charge in [-0.15, -0.1) is 0 Å². The van der Waals surface area contributed by atoms with E-state index < -0.39 is 5.97 Å². The molecule has 1 aromatic heterocycles. The molecule has 112 valence electrons. The molecule has 1 aromatic carbocycles. The molecule has 21 heavy (non-hydrogen) atoms. The lowest BCUT2D eigenvalue weighted by Crippen LogP contribution is -2.22. The van der Waals surface area contributed by atoms with E-state index in [1.165, 1.54) is 0 Å². The number of hydrogen-bond donors (Lipinski definition) is 1. The van der Waals surface area contributed by atoms with E-state index in [0.29, 0.717) is 18.0 Å². The number of para-hydroxylation sites is 1. The molecule has 1 unspecified atom stereocenters. The molecule has 0 amide bonds. The van der Waals surface area contributed by atoms with E-state index in [2.05, 4.69) is 4.90 Å². The molecule has 1 aliphatic rings. The first-order chi connectivity index (χ1) is 10.2. The van der Waals surface area contributed by atoms with Gasteiger partial charge in [0.15, 0.2) is 0 Å². The van der Waals surface area contributed by atoms with Crippen molar-refractivity contribution in [2.24, 2.45) is 5.92 Å². The molecular formula is C16H19NO4. The third-order valence-electron chi connectivity index (χ3n) is 4.05. The Kier molecular flexibility index (Phi) is 3.94. The van der Waals surface area contributed by atoms with Crippen molar-refractivity contribution >= 4 is 16.9 Å². The van der Waals surface area contributed by atoms with Crippen LogP contribution in [0, 0.1) is 5.92 Å². The van der Waals surface area contributed by atoms with E-state index >= 15 is 0 Å². The summed E-state index contributed by atoms with van der Waals surface area (Å²) in [7, 11) is 1.72. The van der Waals surface area contributed by atoms with Gasteiger partial charge in [0.25, 0.3) is 0 Å². The van der Waals surface area contributed by atoms with Crippen LogP contribution in [0.3, 0.4) is 0 Å². The van der Waals surface area contributed by atoms with Crippen molar-refractivity contribution in [1.29, 1.82) is 0 Å². The van der Waals surface area contributed by atoms with Crippen LogP contribution in [0.1, 0.15) is 22.5 Å². The largest absolute Gasteiger partial charge is 0.475 e. The van der Waals surface area contributed by atoms with Gasteiger partial charge in [-0.1, -0.05) is 18.2 Å². The SMILES string of the molecule is COCC1CCN(Cc2c(C(=O)O)oc3ccccc23)C1. The highest BCUT2D eigenvalue weighted by molar-refractivity contribution is 5.95. The number of aromatic carboxylic acids is 1. The fourth-order valence-corrected chi connectivity index (χ4v) is 3.08. The molecule has 1 atom stereocenters. The number of carboxylic acids is 1. The van der Waals surface area contributed by atoms with Crippen molar-refractivity contribution in [2.75, 3.05) is 26.8 Å². The van der Waals surface area contributed by atoms with Gasteiger partial charge in [-0.2, -0.15) is 0 Å². The molecule has 0 radical (unpaired) electrons. The number of nitrogens with zero attached hydrogens (tertiary/aromatic N) is 1. The Morgan fingerprint density at radius 3 is 3.05 bits per heavy atom. The molecule has 0 bridgehead atoms. The number of ether oxygens (including phenoxy) is 1. The van der Waals surface area contributed by atoms with Crippen molar-refractivity contribution in [3.05, 3.63) is 35.6 Å². The monoisotopic (exact) mass is 289 g/mol. The summed E-state index contributed by atoms with van der Waals surface area (Å²) >= 11 is 0. The van der Waals surface area contributed by atoms with Crippen molar-refractivity contribution in [1.82, 2.24) is 4.90 Å². The summed E-state index contributed by atoms with van der Waals surface area (Å²) in [5, 5.41) is 10.2. The van der Waals surface area contributed by atoms with E-state index in [4.69, 9.17) is 9.15 Å². The van der Waals surface area contributed by atoms with Gasteiger partial charge >= 0.3 is 5.97 Å². The van der Waals surface area contributed by atoms with E-state index in [1.807, 2.05) is 24.3 Å². The van der Waals surface area contributed by atoms with Crippen LogP contribution in [0.4, 0.5) is 0 Å². The maximum atomic E-state index is 11.4. The van der Waals surface area contributed by atoms with E-state index in [0.717, 1.165) is 37.1 Å². The van der Waals surface area contributed by atoms with Gasteiger partial charge in [0.2, 0.25) is 5.76 Å². The minimum atomic E-state index is -1.01. The summed E-state index contributed by atoms with van der Waals surface area (Å²) in [6.45, 7) is 3.27. The number of fused-ring (bicyclic) bond motifs is 1. The van der Waals surface area contributed by atoms with Crippen LogP contribution >= 0.6 is 0 Å². The first-order valence-electron chi connectivity index (χ1n) is 7.14. The number of hydrogen-bond acceptors (Lipinski definition) is 4. The minimum Gasteiger partial charge on any atom is -0.475 e. The highest BCUT2D eigenvalue weighted by Gasteiger charge is 2.26. The fourth-order valence-electron chi connectivity index (χ4n) is 3.08. The van der Waals surface area contributed by atoms with E-state index in [-0.39, 0.29) is 5.76 Å². The lowest BCUT2D eigenvalue weighted by molar-refractivity contribution is 0.0662. The van der Waals surface area contributed by atoms with Gasteiger partial charge in [0.05, 0.1) is 6.61 Å². The zero-order valence-corrected chi connectivity index (χ0v) is 12.0. The molecule has 1 N–H and O–H groups in total. The smallest absolute Gasteiger partial charge is 0.372 e. The number of rotatable bonds is 5. The first-order valence-corrected chi connectivity index (χ1v) is 7.14. The number of methoxy groups -OCH3 is 1. The van der Waals surface area contributed by atoms with Gasteiger partial charge < -0.3 is 14.3 Å². The van der Waals surface area contributed by atoms with Crippen LogP contribution in [0.5, 0.6) is 0 Å². The number of carbonyl (C=O) groups is 1. The highest BCUT2D eigenvalue weighted by atomic mass is 16.5. The molecule has 5 nitrogen and oxygen atoms in total. The summed E-state index contributed by atoms with van der Waals surface area (Å²) in [5.74, 6) is -0.415. The maximum Gasteiger partial charge on any atom is 0.372 e.